The molecule has 0 amide bonds. The van der Waals surface area contributed by atoms with Gasteiger partial charge in [-0.2, -0.15) is 12.8 Å². The highest BCUT2D eigenvalue weighted by molar-refractivity contribution is 7.85. The van der Waals surface area contributed by atoms with Crippen molar-refractivity contribution in [1.82, 2.24) is 4.98 Å². The first-order chi connectivity index (χ1) is 6.38. The number of rotatable bonds is 3. The highest BCUT2D eigenvalue weighted by atomic mass is 32.2. The Morgan fingerprint density at radius 2 is 2.21 bits per heavy atom. The van der Waals surface area contributed by atoms with Crippen LogP contribution >= 0.6 is 0 Å². The number of aromatic nitrogens is 1. The molecule has 0 fully saturated rings. The van der Waals surface area contributed by atoms with E-state index in [9.17, 15) is 12.8 Å². The van der Waals surface area contributed by atoms with Gasteiger partial charge in [-0.3, -0.25) is 4.18 Å². The maximum atomic E-state index is 13.0. The van der Waals surface area contributed by atoms with Gasteiger partial charge in [0.1, 0.15) is 0 Å². The number of hydrogen-bond acceptors (Lipinski definition) is 4. The van der Waals surface area contributed by atoms with Crippen molar-refractivity contribution >= 4 is 10.1 Å². The highest BCUT2D eigenvalue weighted by Gasteiger charge is 2.07. The lowest BCUT2D eigenvalue weighted by atomic mass is 10.2. The number of hydrogen-bond donors (Lipinski definition) is 0. The van der Waals surface area contributed by atoms with E-state index in [-0.39, 0.29) is 12.2 Å². The summed E-state index contributed by atoms with van der Waals surface area (Å²) in [5.41, 5.74) is 0.883. The van der Waals surface area contributed by atoms with Gasteiger partial charge in [-0.1, -0.05) is 0 Å². The Morgan fingerprint density at radius 3 is 2.79 bits per heavy atom. The molecule has 0 radical (unpaired) electrons. The molecule has 1 aromatic rings. The molecule has 0 aromatic carbocycles. The summed E-state index contributed by atoms with van der Waals surface area (Å²) in [6.07, 6.45) is 2.27. The van der Waals surface area contributed by atoms with Gasteiger partial charge in [0.15, 0.2) is 0 Å². The summed E-state index contributed by atoms with van der Waals surface area (Å²) in [6, 6.07) is 1.49. The second kappa shape index (κ2) is 4.02. The Labute approximate surface area is 81.9 Å². The molecule has 0 unspecified atom stereocenters. The molecule has 6 heteroatoms. The van der Waals surface area contributed by atoms with Gasteiger partial charge in [-0.05, 0) is 18.6 Å². The average Bonchev–Trinajstić information content (AvgIpc) is 2.05. The fourth-order valence-corrected chi connectivity index (χ4v) is 1.23. The Morgan fingerprint density at radius 1 is 1.57 bits per heavy atom. The molecule has 0 atom stereocenters. The second-order valence-electron chi connectivity index (χ2n) is 2.93. The minimum Gasteiger partial charge on any atom is -0.265 e. The Kier molecular flexibility index (Phi) is 3.17. The SMILES string of the molecule is Cc1cnc(F)c(COS(C)(=O)=O)c1. The molecular weight excluding hydrogens is 209 g/mol. The van der Waals surface area contributed by atoms with Crippen molar-refractivity contribution in [2.24, 2.45) is 0 Å². The molecule has 1 rings (SSSR count). The van der Waals surface area contributed by atoms with Gasteiger partial charge in [0, 0.05) is 11.8 Å². The molecule has 1 heterocycles. The van der Waals surface area contributed by atoms with E-state index in [2.05, 4.69) is 9.17 Å². The summed E-state index contributed by atoms with van der Waals surface area (Å²) in [4.78, 5) is 3.44. The van der Waals surface area contributed by atoms with E-state index >= 15 is 0 Å². The van der Waals surface area contributed by atoms with Crippen molar-refractivity contribution in [1.29, 1.82) is 0 Å². The van der Waals surface area contributed by atoms with E-state index in [1.54, 1.807) is 6.92 Å². The first kappa shape index (κ1) is 11.1. The molecule has 0 N–H and O–H groups in total. The lowest BCUT2D eigenvalue weighted by Gasteiger charge is -2.03. The topological polar surface area (TPSA) is 56.3 Å². The van der Waals surface area contributed by atoms with E-state index in [1.807, 2.05) is 0 Å². The van der Waals surface area contributed by atoms with Crippen molar-refractivity contribution in [3.63, 3.8) is 0 Å². The number of halogens is 1. The molecule has 1 aromatic heterocycles. The standard InChI is InChI=1S/C8H10FNO3S/c1-6-3-7(8(9)10-4-6)5-13-14(2,11)12/h3-4H,5H2,1-2H3. The predicted molar refractivity (Wildman–Crippen MR) is 48.6 cm³/mol. The highest BCUT2D eigenvalue weighted by Crippen LogP contribution is 2.09. The number of nitrogens with zero attached hydrogens (tertiary/aromatic N) is 1. The summed E-state index contributed by atoms with van der Waals surface area (Å²) < 4.78 is 38.7. The van der Waals surface area contributed by atoms with Crippen LogP contribution in [0.4, 0.5) is 4.39 Å². The largest absolute Gasteiger partial charge is 0.265 e. The minimum absolute atomic E-state index is 0.135. The lowest BCUT2D eigenvalue weighted by Crippen LogP contribution is -2.05. The molecule has 14 heavy (non-hydrogen) atoms. The zero-order valence-corrected chi connectivity index (χ0v) is 8.64. The zero-order chi connectivity index (χ0) is 10.8. The molecule has 78 valence electrons. The monoisotopic (exact) mass is 219 g/mol. The number of pyridine rings is 1. The van der Waals surface area contributed by atoms with Crippen LogP contribution in [0.1, 0.15) is 11.1 Å². The maximum absolute atomic E-state index is 13.0. The first-order valence-electron chi connectivity index (χ1n) is 3.84. The van der Waals surface area contributed by atoms with Crippen molar-refractivity contribution in [2.75, 3.05) is 6.26 Å². The molecule has 4 nitrogen and oxygen atoms in total. The molecule has 0 saturated carbocycles. The molecule has 0 aliphatic rings. The van der Waals surface area contributed by atoms with Crippen LogP contribution in [0.15, 0.2) is 12.3 Å². The van der Waals surface area contributed by atoms with E-state index in [4.69, 9.17) is 0 Å². The van der Waals surface area contributed by atoms with Crippen molar-refractivity contribution < 1.29 is 17.0 Å². The Hall–Kier alpha value is -1.01. The van der Waals surface area contributed by atoms with Crippen LogP contribution in [-0.2, 0) is 20.9 Å². The van der Waals surface area contributed by atoms with E-state index < -0.39 is 16.1 Å². The Bertz CT molecular complexity index is 430. The number of aryl methyl sites for hydroxylation is 1. The van der Waals surface area contributed by atoms with Crippen LogP contribution in [-0.4, -0.2) is 19.7 Å². The van der Waals surface area contributed by atoms with Crippen LogP contribution in [0.25, 0.3) is 0 Å². The van der Waals surface area contributed by atoms with Gasteiger partial charge in [0.2, 0.25) is 5.95 Å². The summed E-state index contributed by atoms with van der Waals surface area (Å²) in [6.45, 7) is 1.41. The molecule has 0 aliphatic carbocycles. The second-order valence-corrected chi connectivity index (χ2v) is 4.57. The van der Waals surface area contributed by atoms with Crippen LogP contribution < -0.4 is 0 Å². The van der Waals surface area contributed by atoms with Crippen LogP contribution in [0.3, 0.4) is 0 Å². The minimum atomic E-state index is -3.55. The third-order valence-corrected chi connectivity index (χ3v) is 2.02. The molecular formula is C8H10FNO3S. The van der Waals surface area contributed by atoms with Crippen LogP contribution in [0, 0.1) is 12.9 Å². The fraction of sp³-hybridized carbons (Fsp3) is 0.375. The van der Waals surface area contributed by atoms with Gasteiger partial charge in [-0.15, -0.1) is 0 Å². The lowest BCUT2D eigenvalue weighted by molar-refractivity contribution is 0.304. The molecule has 0 saturated heterocycles. The van der Waals surface area contributed by atoms with Crippen LogP contribution in [0.2, 0.25) is 0 Å². The molecule has 0 spiro atoms. The van der Waals surface area contributed by atoms with E-state index in [1.165, 1.54) is 12.3 Å². The zero-order valence-electron chi connectivity index (χ0n) is 7.82. The quantitative estimate of drug-likeness (QED) is 0.562. The van der Waals surface area contributed by atoms with E-state index in [0.29, 0.717) is 0 Å². The van der Waals surface area contributed by atoms with Crippen LogP contribution in [0.5, 0.6) is 0 Å². The summed E-state index contributed by atoms with van der Waals surface area (Å²) in [5.74, 6) is -0.709. The average molecular weight is 219 g/mol. The smallest absolute Gasteiger partial charge is 0.264 e. The summed E-state index contributed by atoms with van der Waals surface area (Å²) in [7, 11) is -3.55. The molecule has 0 bridgehead atoms. The molecule has 0 aliphatic heterocycles. The van der Waals surface area contributed by atoms with Crippen molar-refractivity contribution in [2.45, 2.75) is 13.5 Å². The van der Waals surface area contributed by atoms with Crippen molar-refractivity contribution in [3.8, 4) is 0 Å². The normalized spacial score (nSPS) is 11.6. The van der Waals surface area contributed by atoms with Gasteiger partial charge in [0.25, 0.3) is 10.1 Å². The fourth-order valence-electron chi connectivity index (χ4n) is 0.885. The third kappa shape index (κ3) is 3.39. The summed E-state index contributed by atoms with van der Waals surface area (Å²) >= 11 is 0. The van der Waals surface area contributed by atoms with Gasteiger partial charge in [0.05, 0.1) is 12.9 Å². The van der Waals surface area contributed by atoms with Crippen molar-refractivity contribution in [3.05, 3.63) is 29.3 Å². The van der Waals surface area contributed by atoms with E-state index in [0.717, 1.165) is 11.8 Å². The van der Waals surface area contributed by atoms with Gasteiger partial charge in [-0.25, -0.2) is 4.98 Å². The van der Waals surface area contributed by atoms with Gasteiger partial charge >= 0.3 is 0 Å². The third-order valence-electron chi connectivity index (χ3n) is 1.48. The summed E-state index contributed by atoms with van der Waals surface area (Å²) in [5, 5.41) is 0. The maximum Gasteiger partial charge on any atom is 0.264 e. The van der Waals surface area contributed by atoms with Gasteiger partial charge < -0.3 is 0 Å². The Balaban J connectivity index is 2.81. The predicted octanol–water partition coefficient (Wildman–Crippen LogP) is 1.01. The first-order valence-corrected chi connectivity index (χ1v) is 5.65.